The highest BCUT2D eigenvalue weighted by atomic mass is 79.9. The molecule has 0 spiro atoms. The summed E-state index contributed by atoms with van der Waals surface area (Å²) >= 11 is 3.38. The van der Waals surface area contributed by atoms with E-state index in [0.29, 0.717) is 5.41 Å². The molecule has 0 aromatic carbocycles. The first-order chi connectivity index (χ1) is 7.74. The number of nitrogens with two attached hydrogens (primary N) is 1. The van der Waals surface area contributed by atoms with Gasteiger partial charge in [-0.25, -0.2) is 4.98 Å². The smallest absolute Gasteiger partial charge is 0.125 e. The van der Waals surface area contributed by atoms with Crippen LogP contribution in [0.4, 0.5) is 5.82 Å². The van der Waals surface area contributed by atoms with Crippen molar-refractivity contribution in [2.45, 2.75) is 25.7 Å². The van der Waals surface area contributed by atoms with Gasteiger partial charge in [0.2, 0.25) is 0 Å². The van der Waals surface area contributed by atoms with Crippen molar-refractivity contribution in [3.8, 4) is 0 Å². The van der Waals surface area contributed by atoms with Crippen LogP contribution in [0.1, 0.15) is 25.7 Å². The summed E-state index contributed by atoms with van der Waals surface area (Å²) in [5, 5.41) is 3.39. The minimum atomic E-state index is 0.300. The second-order valence-electron chi connectivity index (χ2n) is 4.63. The van der Waals surface area contributed by atoms with Crippen molar-refractivity contribution in [2.24, 2.45) is 11.1 Å². The monoisotopic (exact) mass is 283 g/mol. The van der Waals surface area contributed by atoms with Gasteiger partial charge in [0.05, 0.1) is 0 Å². The number of nitrogens with one attached hydrogen (secondary N) is 1. The molecule has 2 rings (SSSR count). The van der Waals surface area contributed by atoms with Gasteiger partial charge in [0, 0.05) is 17.2 Å². The maximum absolute atomic E-state index is 5.89. The van der Waals surface area contributed by atoms with Gasteiger partial charge < -0.3 is 11.1 Å². The summed E-state index contributed by atoms with van der Waals surface area (Å²) in [6.45, 7) is 1.72. The van der Waals surface area contributed by atoms with Gasteiger partial charge in [-0.2, -0.15) is 0 Å². The van der Waals surface area contributed by atoms with E-state index >= 15 is 0 Å². The second-order valence-corrected chi connectivity index (χ2v) is 5.54. The van der Waals surface area contributed by atoms with E-state index in [1.54, 1.807) is 0 Å². The van der Waals surface area contributed by atoms with Crippen LogP contribution in [0, 0.1) is 5.41 Å². The Morgan fingerprint density at radius 3 is 2.69 bits per heavy atom. The lowest BCUT2D eigenvalue weighted by Gasteiger charge is -2.27. The Balaban J connectivity index is 1.93. The first-order valence-electron chi connectivity index (χ1n) is 5.80. The SMILES string of the molecule is NCC1(CNc2ccc(Br)cn2)CCCC1. The van der Waals surface area contributed by atoms with Gasteiger partial charge in [-0.3, -0.25) is 0 Å². The Kier molecular flexibility index (Phi) is 3.82. The lowest BCUT2D eigenvalue weighted by atomic mass is 9.86. The molecule has 16 heavy (non-hydrogen) atoms. The van der Waals surface area contributed by atoms with Crippen molar-refractivity contribution in [3.63, 3.8) is 0 Å². The van der Waals surface area contributed by atoms with Gasteiger partial charge in [0.15, 0.2) is 0 Å². The highest BCUT2D eigenvalue weighted by Crippen LogP contribution is 2.37. The van der Waals surface area contributed by atoms with Crippen LogP contribution in [-0.4, -0.2) is 18.1 Å². The fraction of sp³-hybridized carbons (Fsp3) is 0.583. The third-order valence-corrected chi connectivity index (χ3v) is 3.94. The molecule has 1 saturated carbocycles. The maximum atomic E-state index is 5.89. The van der Waals surface area contributed by atoms with Crippen LogP contribution in [0.2, 0.25) is 0 Å². The van der Waals surface area contributed by atoms with Gasteiger partial charge in [-0.05, 0) is 52.9 Å². The Morgan fingerprint density at radius 2 is 2.12 bits per heavy atom. The molecule has 0 unspecified atom stereocenters. The summed E-state index contributed by atoms with van der Waals surface area (Å²) in [5.74, 6) is 0.933. The van der Waals surface area contributed by atoms with E-state index in [4.69, 9.17) is 5.73 Å². The van der Waals surface area contributed by atoms with E-state index < -0.39 is 0 Å². The van der Waals surface area contributed by atoms with Crippen molar-refractivity contribution in [1.82, 2.24) is 4.98 Å². The number of hydrogen-bond donors (Lipinski definition) is 2. The molecule has 0 aliphatic heterocycles. The molecule has 0 amide bonds. The number of pyridine rings is 1. The predicted molar refractivity (Wildman–Crippen MR) is 70.4 cm³/mol. The fourth-order valence-corrected chi connectivity index (χ4v) is 2.57. The zero-order valence-corrected chi connectivity index (χ0v) is 11.0. The number of hydrogen-bond acceptors (Lipinski definition) is 3. The van der Waals surface area contributed by atoms with Crippen LogP contribution in [0.15, 0.2) is 22.8 Å². The van der Waals surface area contributed by atoms with Crippen molar-refractivity contribution in [3.05, 3.63) is 22.8 Å². The second kappa shape index (κ2) is 5.15. The third-order valence-electron chi connectivity index (χ3n) is 3.47. The molecule has 1 fully saturated rings. The highest BCUT2D eigenvalue weighted by molar-refractivity contribution is 9.10. The number of aromatic nitrogens is 1. The van der Waals surface area contributed by atoms with E-state index in [9.17, 15) is 0 Å². The van der Waals surface area contributed by atoms with Crippen molar-refractivity contribution in [2.75, 3.05) is 18.4 Å². The highest BCUT2D eigenvalue weighted by Gasteiger charge is 2.32. The average molecular weight is 284 g/mol. The average Bonchev–Trinajstić information content (AvgIpc) is 2.78. The molecular weight excluding hydrogens is 266 g/mol. The van der Waals surface area contributed by atoms with Gasteiger partial charge in [0.25, 0.3) is 0 Å². The number of rotatable bonds is 4. The first-order valence-corrected chi connectivity index (χ1v) is 6.59. The minimum Gasteiger partial charge on any atom is -0.369 e. The lowest BCUT2D eigenvalue weighted by molar-refractivity contribution is 0.332. The standard InChI is InChI=1S/C12H18BrN3/c13-10-3-4-11(15-7-10)16-9-12(8-14)5-1-2-6-12/h3-4,7H,1-2,5-6,8-9,14H2,(H,15,16). The molecular formula is C12H18BrN3. The number of halogens is 1. The van der Waals surface area contributed by atoms with Gasteiger partial charge in [-0.15, -0.1) is 0 Å². The molecule has 88 valence electrons. The van der Waals surface area contributed by atoms with Crippen molar-refractivity contribution >= 4 is 21.7 Å². The lowest BCUT2D eigenvalue weighted by Crippen LogP contribution is -2.34. The molecule has 0 atom stereocenters. The summed E-state index contributed by atoms with van der Waals surface area (Å²) in [6, 6.07) is 3.99. The zero-order chi connectivity index (χ0) is 11.4. The largest absolute Gasteiger partial charge is 0.369 e. The topological polar surface area (TPSA) is 50.9 Å². The molecule has 1 aliphatic carbocycles. The van der Waals surface area contributed by atoms with E-state index in [0.717, 1.165) is 23.4 Å². The van der Waals surface area contributed by atoms with Crippen molar-refractivity contribution < 1.29 is 0 Å². The van der Waals surface area contributed by atoms with Crippen LogP contribution in [0.25, 0.3) is 0 Å². The molecule has 1 aromatic rings. The van der Waals surface area contributed by atoms with Crippen LogP contribution < -0.4 is 11.1 Å². The third kappa shape index (κ3) is 2.74. The minimum absolute atomic E-state index is 0.300. The molecule has 1 aromatic heterocycles. The first kappa shape index (κ1) is 11.9. The van der Waals surface area contributed by atoms with Gasteiger partial charge >= 0.3 is 0 Å². The van der Waals surface area contributed by atoms with Crippen LogP contribution in [-0.2, 0) is 0 Å². The summed E-state index contributed by atoms with van der Waals surface area (Å²) < 4.78 is 1.01. The number of anilines is 1. The Labute approximate surface area is 105 Å². The maximum Gasteiger partial charge on any atom is 0.125 e. The summed E-state index contributed by atoms with van der Waals surface area (Å²) in [7, 11) is 0. The fourth-order valence-electron chi connectivity index (χ4n) is 2.34. The molecule has 4 heteroatoms. The molecule has 1 aliphatic rings. The van der Waals surface area contributed by atoms with Gasteiger partial charge in [-0.1, -0.05) is 12.8 Å². The molecule has 0 radical (unpaired) electrons. The number of nitrogens with zero attached hydrogens (tertiary/aromatic N) is 1. The molecule has 3 N–H and O–H groups in total. The Morgan fingerprint density at radius 1 is 1.38 bits per heavy atom. The Hall–Kier alpha value is -0.610. The molecule has 0 bridgehead atoms. The van der Waals surface area contributed by atoms with E-state index in [-0.39, 0.29) is 0 Å². The molecule has 0 saturated heterocycles. The quantitative estimate of drug-likeness (QED) is 0.894. The van der Waals surface area contributed by atoms with E-state index in [1.807, 2.05) is 18.3 Å². The zero-order valence-electron chi connectivity index (χ0n) is 9.38. The summed E-state index contributed by atoms with van der Waals surface area (Å²) in [4.78, 5) is 4.31. The normalized spacial score (nSPS) is 18.6. The predicted octanol–water partition coefficient (Wildman–Crippen LogP) is 2.78. The summed E-state index contributed by atoms with van der Waals surface area (Å²) in [5.41, 5.74) is 6.19. The van der Waals surface area contributed by atoms with E-state index in [2.05, 4.69) is 26.2 Å². The Bertz CT molecular complexity index is 331. The molecule has 3 nitrogen and oxygen atoms in total. The van der Waals surface area contributed by atoms with E-state index in [1.165, 1.54) is 25.7 Å². The van der Waals surface area contributed by atoms with Gasteiger partial charge in [0.1, 0.15) is 5.82 Å². The van der Waals surface area contributed by atoms with Crippen LogP contribution in [0.5, 0.6) is 0 Å². The van der Waals surface area contributed by atoms with Crippen LogP contribution >= 0.6 is 15.9 Å². The van der Waals surface area contributed by atoms with Crippen LogP contribution in [0.3, 0.4) is 0 Å². The van der Waals surface area contributed by atoms with Crippen molar-refractivity contribution in [1.29, 1.82) is 0 Å². The summed E-state index contributed by atoms with van der Waals surface area (Å²) in [6.07, 6.45) is 6.92. The molecule has 1 heterocycles.